The highest BCUT2D eigenvalue weighted by atomic mass is 16.5. The fourth-order valence-corrected chi connectivity index (χ4v) is 4.11. The molecule has 0 N–H and O–H groups in total. The van der Waals surface area contributed by atoms with Crippen LogP contribution in [-0.2, 0) is 9.53 Å². The average molecular weight is 356 g/mol. The van der Waals surface area contributed by atoms with Gasteiger partial charge in [0.15, 0.2) is 11.5 Å². The summed E-state index contributed by atoms with van der Waals surface area (Å²) >= 11 is 0. The lowest BCUT2D eigenvalue weighted by molar-refractivity contribution is -0.136. The smallest absolute Gasteiger partial charge is 0.228 e. The minimum absolute atomic E-state index is 0.0567. The van der Waals surface area contributed by atoms with Gasteiger partial charge in [-0.15, -0.1) is 15.3 Å². The van der Waals surface area contributed by atoms with Crippen LogP contribution in [0.4, 0.5) is 5.82 Å². The number of fused-ring (bicyclic) bond motifs is 1. The van der Waals surface area contributed by atoms with Crippen LogP contribution in [0.1, 0.15) is 37.4 Å². The zero-order chi connectivity index (χ0) is 17.5. The molecule has 1 atom stereocenters. The third kappa shape index (κ3) is 2.72. The van der Waals surface area contributed by atoms with Crippen LogP contribution in [0.3, 0.4) is 0 Å². The standard InChI is InChI=1S/C18H24N6O2/c25-18(14-6-11-26-12-14)23-9-4-13(5-10-23)17-20-19-15-2-3-16(21-24(15)17)22-7-1-8-22/h2-3,13-14H,1,4-12H2. The molecule has 0 aliphatic carbocycles. The van der Waals surface area contributed by atoms with Gasteiger partial charge in [-0.2, -0.15) is 4.52 Å². The molecular formula is C18H24N6O2. The second kappa shape index (κ2) is 6.50. The van der Waals surface area contributed by atoms with E-state index < -0.39 is 0 Å². The number of aromatic nitrogens is 4. The molecule has 26 heavy (non-hydrogen) atoms. The number of nitrogens with zero attached hydrogens (tertiary/aromatic N) is 6. The van der Waals surface area contributed by atoms with Crippen LogP contribution in [-0.4, -0.2) is 70.0 Å². The Bertz CT molecular complexity index is 803. The van der Waals surface area contributed by atoms with Gasteiger partial charge in [-0.1, -0.05) is 0 Å². The molecule has 3 aliphatic rings. The van der Waals surface area contributed by atoms with Gasteiger partial charge >= 0.3 is 0 Å². The summed E-state index contributed by atoms with van der Waals surface area (Å²) in [7, 11) is 0. The van der Waals surface area contributed by atoms with Crippen molar-refractivity contribution in [2.75, 3.05) is 44.3 Å². The molecule has 2 aromatic heterocycles. The normalized spacial score (nSPS) is 24.2. The predicted octanol–water partition coefficient (Wildman–Crippen LogP) is 1.08. The maximum absolute atomic E-state index is 12.6. The summed E-state index contributed by atoms with van der Waals surface area (Å²) in [5.74, 6) is 2.54. The number of likely N-dealkylation sites (tertiary alicyclic amines) is 1. The van der Waals surface area contributed by atoms with Crippen molar-refractivity contribution in [2.24, 2.45) is 5.92 Å². The molecule has 5 heterocycles. The summed E-state index contributed by atoms with van der Waals surface area (Å²) in [6, 6.07) is 4.02. The van der Waals surface area contributed by atoms with E-state index in [0.717, 1.165) is 62.7 Å². The summed E-state index contributed by atoms with van der Waals surface area (Å²) in [6.45, 7) is 4.99. The van der Waals surface area contributed by atoms with E-state index in [1.165, 1.54) is 6.42 Å². The molecule has 3 aliphatic heterocycles. The summed E-state index contributed by atoms with van der Waals surface area (Å²) in [5, 5.41) is 13.5. The minimum Gasteiger partial charge on any atom is -0.381 e. The molecule has 138 valence electrons. The molecule has 1 unspecified atom stereocenters. The van der Waals surface area contributed by atoms with Crippen molar-refractivity contribution >= 4 is 17.4 Å². The SMILES string of the molecule is O=C(C1CCOC1)N1CCC(c2nnc3ccc(N4CCC4)nn23)CC1. The monoisotopic (exact) mass is 356 g/mol. The van der Waals surface area contributed by atoms with E-state index in [0.29, 0.717) is 19.1 Å². The fraction of sp³-hybridized carbons (Fsp3) is 0.667. The average Bonchev–Trinajstić information content (AvgIpc) is 3.29. The Kier molecular flexibility index (Phi) is 4.00. The van der Waals surface area contributed by atoms with Crippen LogP contribution >= 0.6 is 0 Å². The van der Waals surface area contributed by atoms with Crippen LogP contribution in [0, 0.1) is 5.92 Å². The fourth-order valence-electron chi connectivity index (χ4n) is 4.11. The van der Waals surface area contributed by atoms with Crippen molar-refractivity contribution in [1.82, 2.24) is 24.7 Å². The molecule has 8 heteroatoms. The Morgan fingerprint density at radius 1 is 1.08 bits per heavy atom. The molecule has 3 fully saturated rings. The van der Waals surface area contributed by atoms with Crippen molar-refractivity contribution < 1.29 is 9.53 Å². The Morgan fingerprint density at radius 3 is 2.62 bits per heavy atom. The summed E-state index contributed by atoms with van der Waals surface area (Å²) in [4.78, 5) is 16.8. The Labute approximate surface area is 152 Å². The van der Waals surface area contributed by atoms with E-state index in [1.54, 1.807) is 0 Å². The highest BCUT2D eigenvalue weighted by Crippen LogP contribution is 2.29. The second-order valence-corrected chi connectivity index (χ2v) is 7.52. The number of amides is 1. The number of hydrogen-bond donors (Lipinski definition) is 0. The van der Waals surface area contributed by atoms with E-state index in [2.05, 4.69) is 15.1 Å². The lowest BCUT2D eigenvalue weighted by Gasteiger charge is -2.33. The first-order valence-electron chi connectivity index (χ1n) is 9.63. The maximum Gasteiger partial charge on any atom is 0.228 e. The zero-order valence-corrected chi connectivity index (χ0v) is 14.9. The predicted molar refractivity (Wildman–Crippen MR) is 95.1 cm³/mol. The van der Waals surface area contributed by atoms with Crippen LogP contribution in [0.2, 0.25) is 0 Å². The molecule has 0 aromatic carbocycles. The lowest BCUT2D eigenvalue weighted by atomic mass is 9.95. The van der Waals surface area contributed by atoms with Crippen LogP contribution in [0.15, 0.2) is 12.1 Å². The van der Waals surface area contributed by atoms with Crippen molar-refractivity contribution in [3.63, 3.8) is 0 Å². The van der Waals surface area contributed by atoms with Crippen molar-refractivity contribution in [1.29, 1.82) is 0 Å². The molecule has 0 radical (unpaired) electrons. The Balaban J connectivity index is 1.30. The number of anilines is 1. The third-order valence-electron chi connectivity index (χ3n) is 5.90. The largest absolute Gasteiger partial charge is 0.381 e. The quantitative estimate of drug-likeness (QED) is 0.819. The molecule has 0 saturated carbocycles. The van der Waals surface area contributed by atoms with Gasteiger partial charge in [0, 0.05) is 38.7 Å². The first-order chi connectivity index (χ1) is 12.8. The summed E-state index contributed by atoms with van der Waals surface area (Å²) < 4.78 is 7.26. The Morgan fingerprint density at radius 2 is 1.92 bits per heavy atom. The van der Waals surface area contributed by atoms with Gasteiger partial charge in [0.05, 0.1) is 12.5 Å². The van der Waals surface area contributed by atoms with Crippen LogP contribution in [0.5, 0.6) is 0 Å². The number of ether oxygens (including phenoxy) is 1. The second-order valence-electron chi connectivity index (χ2n) is 7.52. The molecule has 0 bridgehead atoms. The van der Waals surface area contributed by atoms with Crippen molar-refractivity contribution in [3.8, 4) is 0 Å². The molecule has 0 spiro atoms. The summed E-state index contributed by atoms with van der Waals surface area (Å²) in [6.07, 6.45) is 3.91. The van der Waals surface area contributed by atoms with E-state index in [-0.39, 0.29) is 11.8 Å². The van der Waals surface area contributed by atoms with E-state index in [1.807, 2.05) is 21.5 Å². The third-order valence-corrected chi connectivity index (χ3v) is 5.90. The van der Waals surface area contributed by atoms with E-state index >= 15 is 0 Å². The number of carbonyl (C=O) groups is 1. The van der Waals surface area contributed by atoms with Crippen LogP contribution in [0.25, 0.3) is 5.65 Å². The van der Waals surface area contributed by atoms with Gasteiger partial charge in [0.25, 0.3) is 0 Å². The molecular weight excluding hydrogens is 332 g/mol. The Hall–Kier alpha value is -2.22. The van der Waals surface area contributed by atoms with Gasteiger partial charge in [-0.25, -0.2) is 0 Å². The first kappa shape index (κ1) is 16.0. The van der Waals surface area contributed by atoms with E-state index in [9.17, 15) is 4.79 Å². The lowest BCUT2D eigenvalue weighted by Crippen LogP contribution is -2.41. The highest BCUT2D eigenvalue weighted by molar-refractivity contribution is 5.79. The zero-order valence-electron chi connectivity index (χ0n) is 14.9. The number of rotatable bonds is 3. The minimum atomic E-state index is 0.0567. The van der Waals surface area contributed by atoms with E-state index in [4.69, 9.17) is 9.84 Å². The molecule has 1 amide bonds. The van der Waals surface area contributed by atoms with Gasteiger partial charge in [-0.3, -0.25) is 4.79 Å². The van der Waals surface area contributed by atoms with Gasteiger partial charge in [0.2, 0.25) is 5.91 Å². The van der Waals surface area contributed by atoms with Gasteiger partial charge < -0.3 is 14.5 Å². The number of hydrogen-bond acceptors (Lipinski definition) is 6. The molecule has 5 rings (SSSR count). The molecule has 3 saturated heterocycles. The number of piperidine rings is 1. The van der Waals surface area contributed by atoms with Crippen molar-refractivity contribution in [3.05, 3.63) is 18.0 Å². The number of carbonyl (C=O) groups excluding carboxylic acids is 1. The van der Waals surface area contributed by atoms with Gasteiger partial charge in [0.1, 0.15) is 5.82 Å². The van der Waals surface area contributed by atoms with Gasteiger partial charge in [-0.05, 0) is 37.8 Å². The first-order valence-corrected chi connectivity index (χ1v) is 9.63. The highest BCUT2D eigenvalue weighted by Gasteiger charge is 2.32. The van der Waals surface area contributed by atoms with Crippen LogP contribution < -0.4 is 4.90 Å². The topological polar surface area (TPSA) is 75.9 Å². The van der Waals surface area contributed by atoms with Crippen molar-refractivity contribution in [2.45, 2.75) is 31.6 Å². The maximum atomic E-state index is 12.6. The molecule has 2 aromatic rings. The molecule has 8 nitrogen and oxygen atoms in total. The summed E-state index contributed by atoms with van der Waals surface area (Å²) in [5.41, 5.74) is 0.797.